The monoisotopic (exact) mass is 247 g/mol. The highest BCUT2D eigenvalue weighted by Crippen LogP contribution is 2.29. The standard InChI is InChI=1S/C13H17N3O2/c1-4-5-13(17)14-11-6-9-8-16(2)15-10(9)7-12(11)18-3/h6-8H,4-5H2,1-3H3,(H,14,17). The smallest absolute Gasteiger partial charge is 0.224 e. The fraction of sp³-hybridized carbons (Fsp3) is 0.385. The van der Waals surface area contributed by atoms with Crippen molar-refractivity contribution in [2.24, 2.45) is 7.05 Å². The molecule has 0 aliphatic heterocycles. The first-order valence-corrected chi connectivity index (χ1v) is 5.95. The van der Waals surface area contributed by atoms with Gasteiger partial charge in [-0.15, -0.1) is 0 Å². The molecule has 5 heteroatoms. The van der Waals surface area contributed by atoms with Gasteiger partial charge in [0.05, 0.1) is 18.3 Å². The average Bonchev–Trinajstić information content (AvgIpc) is 2.67. The molecule has 0 aliphatic rings. The Bertz CT molecular complexity index is 575. The predicted octanol–water partition coefficient (Wildman–Crippen LogP) is 2.32. The van der Waals surface area contributed by atoms with E-state index in [1.807, 2.05) is 32.3 Å². The normalized spacial score (nSPS) is 10.6. The van der Waals surface area contributed by atoms with Crippen molar-refractivity contribution in [3.63, 3.8) is 0 Å². The third-order valence-electron chi connectivity index (χ3n) is 2.69. The van der Waals surface area contributed by atoms with E-state index < -0.39 is 0 Å². The number of nitrogens with zero attached hydrogens (tertiary/aromatic N) is 2. The Labute approximate surface area is 106 Å². The van der Waals surface area contributed by atoms with E-state index in [1.165, 1.54) is 0 Å². The summed E-state index contributed by atoms with van der Waals surface area (Å²) >= 11 is 0. The molecule has 1 amide bonds. The molecule has 0 atom stereocenters. The van der Waals surface area contributed by atoms with Gasteiger partial charge in [0.25, 0.3) is 0 Å². The summed E-state index contributed by atoms with van der Waals surface area (Å²) in [5, 5.41) is 8.14. The number of hydrogen-bond donors (Lipinski definition) is 1. The molecule has 0 aliphatic carbocycles. The van der Waals surface area contributed by atoms with Gasteiger partial charge in [0.15, 0.2) is 0 Å². The van der Waals surface area contributed by atoms with Crippen molar-refractivity contribution in [3.8, 4) is 5.75 Å². The zero-order valence-electron chi connectivity index (χ0n) is 10.9. The van der Waals surface area contributed by atoms with Crippen LogP contribution in [0, 0.1) is 0 Å². The Morgan fingerprint density at radius 3 is 2.94 bits per heavy atom. The molecule has 0 fully saturated rings. The lowest BCUT2D eigenvalue weighted by Gasteiger charge is -2.09. The van der Waals surface area contributed by atoms with Crippen LogP contribution >= 0.6 is 0 Å². The topological polar surface area (TPSA) is 56.2 Å². The molecule has 1 aromatic heterocycles. The second kappa shape index (κ2) is 5.08. The van der Waals surface area contributed by atoms with Gasteiger partial charge in [-0.3, -0.25) is 9.48 Å². The number of carbonyl (C=O) groups is 1. The number of hydrogen-bond acceptors (Lipinski definition) is 3. The van der Waals surface area contributed by atoms with E-state index in [2.05, 4.69) is 10.4 Å². The van der Waals surface area contributed by atoms with Gasteiger partial charge in [0.1, 0.15) is 5.75 Å². The molecule has 0 radical (unpaired) electrons. The van der Waals surface area contributed by atoms with E-state index in [0.29, 0.717) is 17.9 Å². The molecule has 0 spiro atoms. The van der Waals surface area contributed by atoms with Crippen molar-refractivity contribution in [1.29, 1.82) is 0 Å². The van der Waals surface area contributed by atoms with Gasteiger partial charge in [-0.25, -0.2) is 0 Å². The highest BCUT2D eigenvalue weighted by atomic mass is 16.5. The van der Waals surface area contributed by atoms with Gasteiger partial charge in [0, 0.05) is 31.1 Å². The van der Waals surface area contributed by atoms with Crippen molar-refractivity contribution in [2.75, 3.05) is 12.4 Å². The molecule has 0 saturated heterocycles. The third-order valence-corrected chi connectivity index (χ3v) is 2.69. The molecule has 1 N–H and O–H groups in total. The number of aromatic nitrogens is 2. The van der Waals surface area contributed by atoms with E-state index in [1.54, 1.807) is 11.8 Å². The number of aryl methyl sites for hydroxylation is 1. The first-order chi connectivity index (χ1) is 8.63. The maximum atomic E-state index is 11.6. The zero-order chi connectivity index (χ0) is 13.1. The van der Waals surface area contributed by atoms with Crippen LogP contribution in [0.4, 0.5) is 5.69 Å². The minimum Gasteiger partial charge on any atom is -0.494 e. The summed E-state index contributed by atoms with van der Waals surface area (Å²) in [5.74, 6) is 0.629. The molecule has 0 saturated carbocycles. The lowest BCUT2D eigenvalue weighted by Crippen LogP contribution is -2.11. The molecule has 0 bridgehead atoms. The summed E-state index contributed by atoms with van der Waals surface area (Å²) in [6.07, 6.45) is 3.24. The van der Waals surface area contributed by atoms with Crippen molar-refractivity contribution < 1.29 is 9.53 Å². The van der Waals surface area contributed by atoms with Crippen LogP contribution in [0.3, 0.4) is 0 Å². The number of methoxy groups -OCH3 is 1. The molecule has 0 unspecified atom stereocenters. The number of nitrogens with one attached hydrogen (secondary N) is 1. The first kappa shape index (κ1) is 12.4. The van der Waals surface area contributed by atoms with E-state index >= 15 is 0 Å². The quantitative estimate of drug-likeness (QED) is 0.902. The minimum atomic E-state index is -0.000889. The van der Waals surface area contributed by atoms with Crippen LogP contribution in [0.15, 0.2) is 18.3 Å². The van der Waals surface area contributed by atoms with Gasteiger partial charge >= 0.3 is 0 Å². The number of amides is 1. The largest absolute Gasteiger partial charge is 0.494 e. The van der Waals surface area contributed by atoms with E-state index in [-0.39, 0.29) is 5.91 Å². The fourth-order valence-electron chi connectivity index (χ4n) is 1.88. The van der Waals surface area contributed by atoms with E-state index in [4.69, 9.17) is 4.74 Å². The summed E-state index contributed by atoms with van der Waals surface area (Å²) in [5.41, 5.74) is 1.54. The highest BCUT2D eigenvalue weighted by molar-refractivity contribution is 5.96. The molecule has 5 nitrogen and oxygen atoms in total. The Morgan fingerprint density at radius 1 is 1.50 bits per heavy atom. The molecule has 2 rings (SSSR count). The van der Waals surface area contributed by atoms with Crippen molar-refractivity contribution in [3.05, 3.63) is 18.3 Å². The second-order valence-corrected chi connectivity index (χ2v) is 4.21. The van der Waals surface area contributed by atoms with Crippen molar-refractivity contribution >= 4 is 22.5 Å². The van der Waals surface area contributed by atoms with Gasteiger partial charge in [-0.05, 0) is 12.5 Å². The molecule has 2 aromatic rings. The maximum absolute atomic E-state index is 11.6. The fourth-order valence-corrected chi connectivity index (χ4v) is 1.88. The number of fused-ring (bicyclic) bond motifs is 1. The van der Waals surface area contributed by atoms with Crippen LogP contribution in [0.25, 0.3) is 10.9 Å². The number of rotatable bonds is 4. The molecule has 1 heterocycles. The summed E-state index contributed by atoms with van der Waals surface area (Å²) in [6.45, 7) is 1.97. The minimum absolute atomic E-state index is 0.000889. The second-order valence-electron chi connectivity index (χ2n) is 4.21. The average molecular weight is 247 g/mol. The predicted molar refractivity (Wildman–Crippen MR) is 70.8 cm³/mol. The molecule has 18 heavy (non-hydrogen) atoms. The molecule has 96 valence electrons. The zero-order valence-corrected chi connectivity index (χ0v) is 10.9. The first-order valence-electron chi connectivity index (χ1n) is 5.95. The van der Waals surface area contributed by atoms with Gasteiger partial charge < -0.3 is 10.1 Å². The van der Waals surface area contributed by atoms with Gasteiger partial charge in [-0.2, -0.15) is 5.10 Å². The van der Waals surface area contributed by atoms with E-state index in [9.17, 15) is 4.79 Å². The van der Waals surface area contributed by atoms with Gasteiger partial charge in [0.2, 0.25) is 5.91 Å². The van der Waals surface area contributed by atoms with Crippen LogP contribution in [-0.4, -0.2) is 22.8 Å². The molecular formula is C13H17N3O2. The Morgan fingerprint density at radius 2 is 2.28 bits per heavy atom. The number of anilines is 1. The van der Waals surface area contributed by atoms with Crippen LogP contribution in [0.2, 0.25) is 0 Å². The maximum Gasteiger partial charge on any atom is 0.224 e. The summed E-state index contributed by atoms with van der Waals surface area (Å²) < 4.78 is 7.02. The van der Waals surface area contributed by atoms with Crippen molar-refractivity contribution in [2.45, 2.75) is 19.8 Å². The lowest BCUT2D eigenvalue weighted by molar-refractivity contribution is -0.116. The van der Waals surface area contributed by atoms with Crippen LogP contribution in [0.5, 0.6) is 5.75 Å². The Kier molecular flexibility index (Phi) is 3.50. The Balaban J connectivity index is 2.38. The van der Waals surface area contributed by atoms with Crippen molar-refractivity contribution in [1.82, 2.24) is 9.78 Å². The van der Waals surface area contributed by atoms with Crippen LogP contribution in [0.1, 0.15) is 19.8 Å². The summed E-state index contributed by atoms with van der Waals surface area (Å²) in [7, 11) is 3.45. The van der Waals surface area contributed by atoms with Gasteiger partial charge in [-0.1, -0.05) is 6.92 Å². The van der Waals surface area contributed by atoms with E-state index in [0.717, 1.165) is 17.3 Å². The Hall–Kier alpha value is -2.04. The lowest BCUT2D eigenvalue weighted by atomic mass is 10.2. The summed E-state index contributed by atoms with van der Waals surface area (Å²) in [6, 6.07) is 3.71. The number of carbonyl (C=O) groups excluding carboxylic acids is 1. The summed E-state index contributed by atoms with van der Waals surface area (Å²) in [4.78, 5) is 11.6. The molecular weight excluding hydrogens is 230 g/mol. The van der Waals surface area contributed by atoms with Crippen LogP contribution < -0.4 is 10.1 Å². The van der Waals surface area contributed by atoms with Crippen LogP contribution in [-0.2, 0) is 11.8 Å². The number of ether oxygens (including phenoxy) is 1. The molecule has 1 aromatic carbocycles. The SMILES string of the molecule is CCCC(=O)Nc1cc2cn(C)nc2cc1OC. The third kappa shape index (κ3) is 2.45. The highest BCUT2D eigenvalue weighted by Gasteiger charge is 2.10. The number of benzene rings is 1.